The molecule has 1 aromatic carbocycles. The Labute approximate surface area is 199 Å². The van der Waals surface area contributed by atoms with Crippen LogP contribution in [0.25, 0.3) is 0 Å². The highest BCUT2D eigenvalue weighted by Crippen LogP contribution is 2.35. The van der Waals surface area contributed by atoms with Crippen LogP contribution in [-0.2, 0) is 13.1 Å². The van der Waals surface area contributed by atoms with Gasteiger partial charge in [-0.25, -0.2) is 4.79 Å². The molecule has 2 aliphatic heterocycles. The van der Waals surface area contributed by atoms with E-state index in [1.54, 1.807) is 24.1 Å². The highest BCUT2D eigenvalue weighted by atomic mass is 32.1. The Morgan fingerprint density at radius 3 is 2.76 bits per heavy atom. The van der Waals surface area contributed by atoms with Crippen molar-refractivity contribution in [3.05, 3.63) is 69.8 Å². The first-order chi connectivity index (χ1) is 16.5. The van der Waals surface area contributed by atoms with E-state index >= 15 is 0 Å². The molecule has 176 valence electrons. The van der Waals surface area contributed by atoms with Crippen LogP contribution in [0, 0.1) is 5.92 Å². The summed E-state index contributed by atoms with van der Waals surface area (Å²) in [5, 5.41) is 9.85. The van der Waals surface area contributed by atoms with Crippen LogP contribution in [-0.4, -0.2) is 51.2 Å². The summed E-state index contributed by atoms with van der Waals surface area (Å²) in [6.07, 6.45) is 0.953. The molecule has 0 aliphatic carbocycles. The number of anilines is 1. The number of nitrogens with zero attached hydrogens (tertiary/aromatic N) is 4. The second kappa shape index (κ2) is 9.26. The van der Waals surface area contributed by atoms with Crippen molar-refractivity contribution in [3.8, 4) is 5.75 Å². The minimum Gasteiger partial charge on any atom is -0.497 e. The zero-order valence-electron chi connectivity index (χ0n) is 18.6. The first kappa shape index (κ1) is 22.1. The van der Waals surface area contributed by atoms with Gasteiger partial charge in [0.25, 0.3) is 11.5 Å². The zero-order chi connectivity index (χ0) is 23.7. The summed E-state index contributed by atoms with van der Waals surface area (Å²) in [5.74, 6) is 0.646. The number of pyridine rings is 1. The van der Waals surface area contributed by atoms with Crippen LogP contribution in [0.5, 0.6) is 5.75 Å². The number of carbonyl (C=O) groups is 2. The summed E-state index contributed by atoms with van der Waals surface area (Å²) in [7, 11) is 1.60. The van der Waals surface area contributed by atoms with Gasteiger partial charge in [0.05, 0.1) is 7.11 Å². The molecule has 34 heavy (non-hydrogen) atoms. The molecule has 1 fully saturated rings. The van der Waals surface area contributed by atoms with Gasteiger partial charge in [-0.15, -0.1) is 5.10 Å². The van der Waals surface area contributed by atoms with Crippen LogP contribution < -0.4 is 20.9 Å². The predicted octanol–water partition coefficient (Wildman–Crippen LogP) is 2.29. The zero-order valence-corrected chi connectivity index (χ0v) is 19.4. The number of aromatic nitrogens is 3. The van der Waals surface area contributed by atoms with Gasteiger partial charge in [-0.2, -0.15) is 0 Å². The van der Waals surface area contributed by atoms with Gasteiger partial charge in [0.1, 0.15) is 5.75 Å². The van der Waals surface area contributed by atoms with E-state index < -0.39 is 5.91 Å². The monoisotopic (exact) mass is 480 g/mol. The third-order valence-corrected chi connectivity index (χ3v) is 6.94. The molecular weight excluding hydrogens is 456 g/mol. The minimum atomic E-state index is -0.413. The normalized spacial score (nSPS) is 18.7. The predicted molar refractivity (Wildman–Crippen MR) is 126 cm³/mol. The van der Waals surface area contributed by atoms with Crippen molar-refractivity contribution in [3.63, 3.8) is 0 Å². The molecule has 4 heterocycles. The quantitative estimate of drug-likeness (QED) is 0.579. The lowest BCUT2D eigenvalue weighted by atomic mass is 9.83. The third kappa shape index (κ3) is 4.38. The Bertz CT molecular complexity index is 1270. The SMILES string of the molecule is COc1ccc(CNC(=O)c2nnsc2NC(=O)N2C[C@@H]3C[C@@H](C2)c2cccc(=O)n2C3)cc1. The number of rotatable bonds is 5. The first-order valence-electron chi connectivity index (χ1n) is 11.0. The van der Waals surface area contributed by atoms with Crippen LogP contribution in [0.1, 0.15) is 34.1 Å². The molecule has 1 saturated heterocycles. The van der Waals surface area contributed by atoms with E-state index in [2.05, 4.69) is 20.2 Å². The van der Waals surface area contributed by atoms with Crippen LogP contribution in [0.15, 0.2) is 47.3 Å². The fourth-order valence-corrected chi connectivity index (χ4v) is 5.23. The van der Waals surface area contributed by atoms with E-state index in [9.17, 15) is 14.4 Å². The number of likely N-dealkylation sites (tertiary alicyclic amines) is 1. The maximum absolute atomic E-state index is 13.0. The van der Waals surface area contributed by atoms with Crippen molar-refractivity contribution in [2.24, 2.45) is 5.92 Å². The number of amides is 3. The Morgan fingerprint density at radius 1 is 1.15 bits per heavy atom. The molecule has 2 aromatic heterocycles. The van der Waals surface area contributed by atoms with Gasteiger partial charge >= 0.3 is 6.03 Å². The maximum atomic E-state index is 13.0. The fourth-order valence-electron chi connectivity index (χ4n) is 4.67. The lowest BCUT2D eigenvalue weighted by Crippen LogP contribution is -2.50. The topological polar surface area (TPSA) is 118 Å². The number of methoxy groups -OCH3 is 1. The summed E-state index contributed by atoms with van der Waals surface area (Å²) in [6, 6.07) is 12.4. The van der Waals surface area contributed by atoms with Gasteiger partial charge in [-0.05, 0) is 36.1 Å². The number of carbonyl (C=O) groups excluding carboxylic acids is 2. The summed E-state index contributed by atoms with van der Waals surface area (Å²) >= 11 is 0.966. The molecule has 10 nitrogen and oxygen atoms in total. The van der Waals surface area contributed by atoms with Gasteiger partial charge in [-0.3, -0.25) is 14.9 Å². The van der Waals surface area contributed by atoms with E-state index in [4.69, 9.17) is 4.74 Å². The van der Waals surface area contributed by atoms with E-state index in [1.165, 1.54) is 0 Å². The largest absolute Gasteiger partial charge is 0.497 e. The van der Waals surface area contributed by atoms with Crippen LogP contribution in [0.2, 0.25) is 0 Å². The Hall–Kier alpha value is -3.73. The number of hydrogen-bond acceptors (Lipinski definition) is 7. The lowest BCUT2D eigenvalue weighted by molar-refractivity contribution is 0.0946. The van der Waals surface area contributed by atoms with Crippen LogP contribution >= 0.6 is 11.5 Å². The summed E-state index contributed by atoms with van der Waals surface area (Å²) in [5.41, 5.74) is 1.97. The third-order valence-electron chi connectivity index (χ3n) is 6.30. The van der Waals surface area contributed by atoms with Crippen molar-refractivity contribution >= 4 is 28.5 Å². The van der Waals surface area contributed by atoms with Crippen molar-refractivity contribution in [2.75, 3.05) is 25.5 Å². The van der Waals surface area contributed by atoms with Crippen molar-refractivity contribution < 1.29 is 14.3 Å². The molecule has 11 heteroatoms. The Morgan fingerprint density at radius 2 is 1.97 bits per heavy atom. The molecule has 2 N–H and O–H groups in total. The number of hydrogen-bond donors (Lipinski definition) is 2. The van der Waals surface area contributed by atoms with E-state index in [-0.39, 0.29) is 29.1 Å². The molecule has 0 spiro atoms. The van der Waals surface area contributed by atoms with E-state index in [0.29, 0.717) is 31.2 Å². The Balaban J connectivity index is 1.23. The van der Waals surface area contributed by atoms with Crippen molar-refractivity contribution in [2.45, 2.75) is 25.4 Å². The minimum absolute atomic E-state index is 0.00568. The molecule has 0 radical (unpaired) electrons. The fraction of sp³-hybridized carbons (Fsp3) is 0.348. The molecule has 2 bridgehead atoms. The molecule has 3 amide bonds. The molecule has 3 aromatic rings. The van der Waals surface area contributed by atoms with Gasteiger partial charge in [0.15, 0.2) is 10.7 Å². The average Bonchev–Trinajstić information content (AvgIpc) is 3.31. The number of benzene rings is 1. The number of nitrogens with one attached hydrogen (secondary N) is 2. The van der Waals surface area contributed by atoms with Gasteiger partial charge in [-0.1, -0.05) is 22.7 Å². The molecule has 5 rings (SSSR count). The van der Waals surface area contributed by atoms with Gasteiger partial charge in [0, 0.05) is 55.4 Å². The van der Waals surface area contributed by atoms with Crippen LogP contribution in [0.4, 0.5) is 9.80 Å². The summed E-state index contributed by atoms with van der Waals surface area (Å²) in [6.45, 7) is 1.98. The number of ether oxygens (including phenoxy) is 1. The molecule has 0 saturated carbocycles. The second-order valence-corrected chi connectivity index (χ2v) is 9.27. The van der Waals surface area contributed by atoms with Crippen molar-refractivity contribution in [1.29, 1.82) is 0 Å². The molecule has 0 unspecified atom stereocenters. The molecule has 2 atom stereocenters. The summed E-state index contributed by atoms with van der Waals surface area (Å²) in [4.78, 5) is 39.7. The average molecular weight is 481 g/mol. The maximum Gasteiger partial charge on any atom is 0.322 e. The number of piperidine rings is 1. The smallest absolute Gasteiger partial charge is 0.322 e. The highest BCUT2D eigenvalue weighted by molar-refractivity contribution is 7.10. The number of urea groups is 1. The van der Waals surface area contributed by atoms with Crippen molar-refractivity contribution in [1.82, 2.24) is 24.4 Å². The first-order valence-corrected chi connectivity index (χ1v) is 11.8. The molecular formula is C23H24N6O4S. The Kier molecular flexibility index (Phi) is 6.01. The van der Waals surface area contributed by atoms with Crippen LogP contribution in [0.3, 0.4) is 0 Å². The molecule has 2 aliphatic rings. The lowest BCUT2D eigenvalue weighted by Gasteiger charge is -2.42. The van der Waals surface area contributed by atoms with E-state index in [0.717, 1.165) is 35.0 Å². The second-order valence-electron chi connectivity index (χ2n) is 8.51. The van der Waals surface area contributed by atoms with Gasteiger partial charge < -0.3 is 19.5 Å². The number of fused-ring (bicyclic) bond motifs is 4. The highest BCUT2D eigenvalue weighted by Gasteiger charge is 2.36. The van der Waals surface area contributed by atoms with E-state index in [1.807, 2.05) is 34.9 Å². The summed E-state index contributed by atoms with van der Waals surface area (Å²) < 4.78 is 10.8. The standard InChI is InChI=1S/C23H24N6O4S/c1-33-17-7-5-14(6-8-17)10-24-21(31)20-22(34-27-26-20)25-23(32)28-11-15-9-16(13-28)18-3-2-4-19(30)29(18)12-15/h2-8,15-16H,9-13H2,1H3,(H,24,31)(H,25,32)/t15-,16-/m0/s1. The van der Waals surface area contributed by atoms with Gasteiger partial charge in [0.2, 0.25) is 0 Å².